The number of aldehydes is 1. The molecular weight excluding hydrogens is 340 g/mol. The highest BCUT2D eigenvalue weighted by atomic mass is 16.5. The lowest BCUT2D eigenvalue weighted by atomic mass is 10.1. The van der Waals surface area contributed by atoms with Gasteiger partial charge in [-0.1, -0.05) is 18.2 Å². The van der Waals surface area contributed by atoms with E-state index in [1.807, 2.05) is 61.2 Å². The fourth-order valence-electron chi connectivity index (χ4n) is 3.33. The van der Waals surface area contributed by atoms with Gasteiger partial charge in [-0.15, -0.1) is 0 Å². The number of para-hydroxylation sites is 1. The van der Waals surface area contributed by atoms with E-state index in [0.717, 1.165) is 47.5 Å². The second kappa shape index (κ2) is 8.71. The SMILES string of the molecule is Cc1cc(N2CCN(C(=O)CCOc3ccccc3C)CC2)ccc1C=O. The molecule has 0 aliphatic carbocycles. The van der Waals surface area contributed by atoms with Gasteiger partial charge in [-0.05, 0) is 49.2 Å². The summed E-state index contributed by atoms with van der Waals surface area (Å²) in [6.07, 6.45) is 1.27. The Morgan fingerprint density at radius 1 is 1.04 bits per heavy atom. The minimum atomic E-state index is 0.135. The van der Waals surface area contributed by atoms with Gasteiger partial charge in [0.2, 0.25) is 5.91 Å². The number of benzene rings is 2. The largest absolute Gasteiger partial charge is 0.493 e. The maximum atomic E-state index is 12.4. The summed E-state index contributed by atoms with van der Waals surface area (Å²) in [4.78, 5) is 27.6. The standard InChI is InChI=1S/C22H26N2O3/c1-17-5-3-4-6-21(17)27-14-9-22(26)24-12-10-23(11-13-24)20-8-7-19(16-25)18(2)15-20/h3-8,15-16H,9-14H2,1-2H3. The summed E-state index contributed by atoms with van der Waals surface area (Å²) >= 11 is 0. The lowest BCUT2D eigenvalue weighted by Crippen LogP contribution is -2.49. The zero-order valence-electron chi connectivity index (χ0n) is 16.0. The van der Waals surface area contributed by atoms with Gasteiger partial charge in [0, 0.05) is 37.4 Å². The Hall–Kier alpha value is -2.82. The van der Waals surface area contributed by atoms with Crippen molar-refractivity contribution in [2.24, 2.45) is 0 Å². The minimum Gasteiger partial charge on any atom is -0.493 e. The number of hydrogen-bond acceptors (Lipinski definition) is 4. The van der Waals surface area contributed by atoms with Crippen LogP contribution in [0.1, 0.15) is 27.9 Å². The molecule has 0 unspecified atom stereocenters. The Bertz CT molecular complexity index is 811. The molecule has 0 N–H and O–H groups in total. The van der Waals surface area contributed by atoms with Gasteiger partial charge in [-0.25, -0.2) is 0 Å². The molecule has 2 aromatic rings. The highest BCUT2D eigenvalue weighted by Gasteiger charge is 2.21. The fourth-order valence-corrected chi connectivity index (χ4v) is 3.33. The van der Waals surface area contributed by atoms with Crippen LogP contribution < -0.4 is 9.64 Å². The molecule has 1 aliphatic heterocycles. The van der Waals surface area contributed by atoms with Gasteiger partial charge in [-0.2, -0.15) is 0 Å². The van der Waals surface area contributed by atoms with Crippen LogP contribution >= 0.6 is 0 Å². The Balaban J connectivity index is 1.47. The van der Waals surface area contributed by atoms with Crippen LogP contribution in [0.4, 0.5) is 5.69 Å². The predicted molar refractivity (Wildman–Crippen MR) is 107 cm³/mol. The summed E-state index contributed by atoms with van der Waals surface area (Å²) in [7, 11) is 0. The smallest absolute Gasteiger partial charge is 0.226 e. The molecule has 0 aromatic heterocycles. The number of rotatable bonds is 6. The molecule has 0 saturated carbocycles. The van der Waals surface area contributed by atoms with Crippen molar-refractivity contribution in [1.82, 2.24) is 4.90 Å². The fraction of sp³-hybridized carbons (Fsp3) is 0.364. The lowest BCUT2D eigenvalue weighted by Gasteiger charge is -2.36. The molecule has 1 aliphatic rings. The summed E-state index contributed by atoms with van der Waals surface area (Å²) in [5, 5.41) is 0. The molecule has 1 fully saturated rings. The number of carbonyl (C=O) groups is 2. The molecule has 0 bridgehead atoms. The molecule has 2 aromatic carbocycles. The number of aryl methyl sites for hydroxylation is 2. The topological polar surface area (TPSA) is 49.9 Å². The molecule has 142 valence electrons. The first kappa shape index (κ1) is 19.0. The molecule has 0 spiro atoms. The van der Waals surface area contributed by atoms with Crippen molar-refractivity contribution >= 4 is 17.9 Å². The molecule has 0 radical (unpaired) electrons. The zero-order chi connectivity index (χ0) is 19.2. The molecular formula is C22H26N2O3. The Labute approximate surface area is 160 Å². The van der Waals surface area contributed by atoms with E-state index < -0.39 is 0 Å². The van der Waals surface area contributed by atoms with Gasteiger partial charge < -0.3 is 14.5 Å². The van der Waals surface area contributed by atoms with Crippen molar-refractivity contribution in [3.63, 3.8) is 0 Å². The van der Waals surface area contributed by atoms with Crippen LogP contribution in [0.3, 0.4) is 0 Å². The maximum Gasteiger partial charge on any atom is 0.226 e. The van der Waals surface area contributed by atoms with E-state index in [1.54, 1.807) is 0 Å². The van der Waals surface area contributed by atoms with Gasteiger partial charge in [0.25, 0.3) is 0 Å². The third-order valence-electron chi connectivity index (χ3n) is 5.04. The first-order chi connectivity index (χ1) is 13.1. The molecule has 1 saturated heterocycles. The number of piperazine rings is 1. The summed E-state index contributed by atoms with van der Waals surface area (Å²) in [6, 6.07) is 13.7. The van der Waals surface area contributed by atoms with Crippen molar-refractivity contribution in [2.45, 2.75) is 20.3 Å². The van der Waals surface area contributed by atoms with Crippen molar-refractivity contribution in [1.29, 1.82) is 0 Å². The molecule has 1 heterocycles. The first-order valence-electron chi connectivity index (χ1n) is 9.35. The third-order valence-corrected chi connectivity index (χ3v) is 5.04. The van der Waals surface area contributed by atoms with Crippen LogP contribution in [-0.4, -0.2) is 49.9 Å². The van der Waals surface area contributed by atoms with Gasteiger partial charge in [-0.3, -0.25) is 9.59 Å². The van der Waals surface area contributed by atoms with Crippen LogP contribution in [-0.2, 0) is 4.79 Å². The van der Waals surface area contributed by atoms with Crippen molar-refractivity contribution in [3.05, 3.63) is 59.2 Å². The molecule has 0 atom stereocenters. The zero-order valence-corrected chi connectivity index (χ0v) is 16.0. The van der Waals surface area contributed by atoms with Crippen LogP contribution in [0, 0.1) is 13.8 Å². The maximum absolute atomic E-state index is 12.4. The second-order valence-corrected chi connectivity index (χ2v) is 6.89. The van der Waals surface area contributed by atoms with E-state index >= 15 is 0 Å². The normalized spacial score (nSPS) is 14.1. The van der Waals surface area contributed by atoms with Gasteiger partial charge >= 0.3 is 0 Å². The number of nitrogens with zero attached hydrogens (tertiary/aromatic N) is 2. The molecule has 5 heteroatoms. The lowest BCUT2D eigenvalue weighted by molar-refractivity contribution is -0.132. The number of anilines is 1. The van der Waals surface area contributed by atoms with Crippen molar-refractivity contribution in [2.75, 3.05) is 37.7 Å². The van der Waals surface area contributed by atoms with Crippen LogP contribution in [0.25, 0.3) is 0 Å². The van der Waals surface area contributed by atoms with Crippen molar-refractivity contribution < 1.29 is 14.3 Å². The number of hydrogen-bond donors (Lipinski definition) is 0. The Morgan fingerprint density at radius 3 is 2.44 bits per heavy atom. The predicted octanol–water partition coefficient (Wildman–Crippen LogP) is 3.23. The van der Waals surface area contributed by atoms with Crippen molar-refractivity contribution in [3.8, 4) is 5.75 Å². The highest BCUT2D eigenvalue weighted by Crippen LogP contribution is 2.20. The van der Waals surface area contributed by atoms with Gasteiger partial charge in [0.15, 0.2) is 0 Å². The van der Waals surface area contributed by atoms with E-state index in [1.165, 1.54) is 0 Å². The molecule has 5 nitrogen and oxygen atoms in total. The monoisotopic (exact) mass is 366 g/mol. The van der Waals surface area contributed by atoms with E-state index in [0.29, 0.717) is 26.1 Å². The summed E-state index contributed by atoms with van der Waals surface area (Å²) < 4.78 is 5.74. The number of carbonyl (C=O) groups excluding carboxylic acids is 2. The van der Waals surface area contributed by atoms with Crippen LogP contribution in [0.15, 0.2) is 42.5 Å². The van der Waals surface area contributed by atoms with Gasteiger partial charge in [0.1, 0.15) is 12.0 Å². The molecule has 3 rings (SSSR count). The highest BCUT2D eigenvalue weighted by molar-refractivity contribution is 5.79. The Kier molecular flexibility index (Phi) is 6.12. The average Bonchev–Trinajstić information content (AvgIpc) is 2.69. The molecule has 1 amide bonds. The van der Waals surface area contributed by atoms with Gasteiger partial charge in [0.05, 0.1) is 13.0 Å². The third kappa shape index (κ3) is 4.67. The minimum absolute atomic E-state index is 0.135. The van der Waals surface area contributed by atoms with E-state index in [2.05, 4.69) is 4.90 Å². The summed E-state index contributed by atoms with van der Waals surface area (Å²) in [5.74, 6) is 0.972. The first-order valence-corrected chi connectivity index (χ1v) is 9.35. The van der Waals surface area contributed by atoms with E-state index in [4.69, 9.17) is 4.74 Å². The second-order valence-electron chi connectivity index (χ2n) is 6.89. The van der Waals surface area contributed by atoms with Crippen LogP contribution in [0.2, 0.25) is 0 Å². The molecule has 27 heavy (non-hydrogen) atoms. The number of ether oxygens (including phenoxy) is 1. The van der Waals surface area contributed by atoms with E-state index in [9.17, 15) is 9.59 Å². The average molecular weight is 366 g/mol. The summed E-state index contributed by atoms with van der Waals surface area (Å²) in [6.45, 7) is 7.35. The van der Waals surface area contributed by atoms with Crippen LogP contribution in [0.5, 0.6) is 5.75 Å². The quantitative estimate of drug-likeness (QED) is 0.737. The summed E-state index contributed by atoms with van der Waals surface area (Å²) in [5.41, 5.74) is 3.89. The van der Waals surface area contributed by atoms with E-state index in [-0.39, 0.29) is 5.91 Å². The number of amides is 1. The Morgan fingerprint density at radius 2 is 1.78 bits per heavy atom.